The first-order chi connectivity index (χ1) is 8.90. The van der Waals surface area contributed by atoms with Crippen molar-refractivity contribution < 1.29 is 0 Å². The molecule has 3 heteroatoms. The van der Waals surface area contributed by atoms with Gasteiger partial charge in [-0.25, -0.2) is 4.98 Å². The molecule has 0 saturated heterocycles. The first-order valence-corrected chi connectivity index (χ1v) is 7.02. The lowest BCUT2D eigenvalue weighted by Gasteiger charge is -2.29. The highest BCUT2D eigenvalue weighted by molar-refractivity contribution is 5.45. The highest BCUT2D eigenvalue weighted by Crippen LogP contribution is 2.26. The molecule has 0 radical (unpaired) electrons. The molecule has 2 N–H and O–H groups in total. The maximum absolute atomic E-state index is 5.82. The molecule has 1 aromatic rings. The Morgan fingerprint density at radius 2 is 2.05 bits per heavy atom. The standard InChI is InChI=1S/C16H25N3/c1-12-5-7-19(8-6-12)15-10-13(11-17)9-14(18-15)16(2,3)4/h5,9-10H,6-8,11,17H2,1-4H3. The van der Waals surface area contributed by atoms with Crippen molar-refractivity contribution >= 4 is 5.82 Å². The van der Waals surface area contributed by atoms with Crippen LogP contribution in [0.15, 0.2) is 23.8 Å². The Morgan fingerprint density at radius 3 is 2.58 bits per heavy atom. The van der Waals surface area contributed by atoms with Crippen LogP contribution in [0.5, 0.6) is 0 Å². The van der Waals surface area contributed by atoms with Gasteiger partial charge in [0, 0.05) is 30.7 Å². The van der Waals surface area contributed by atoms with E-state index in [0.717, 1.165) is 31.0 Å². The second-order valence-corrected chi connectivity index (χ2v) is 6.42. The van der Waals surface area contributed by atoms with Gasteiger partial charge in [-0.3, -0.25) is 0 Å². The van der Waals surface area contributed by atoms with E-state index in [1.54, 1.807) is 0 Å². The third-order valence-electron chi connectivity index (χ3n) is 3.64. The molecule has 0 aliphatic carbocycles. The van der Waals surface area contributed by atoms with Gasteiger partial charge in [0.15, 0.2) is 0 Å². The zero-order valence-electron chi connectivity index (χ0n) is 12.5. The number of hydrogen-bond acceptors (Lipinski definition) is 3. The van der Waals surface area contributed by atoms with Crippen molar-refractivity contribution in [3.63, 3.8) is 0 Å². The molecule has 1 aliphatic rings. The van der Waals surface area contributed by atoms with Crippen LogP contribution in [0, 0.1) is 0 Å². The summed E-state index contributed by atoms with van der Waals surface area (Å²) in [6, 6.07) is 4.26. The average Bonchev–Trinajstić information content (AvgIpc) is 2.38. The molecule has 0 fully saturated rings. The number of rotatable bonds is 2. The fourth-order valence-corrected chi connectivity index (χ4v) is 2.21. The van der Waals surface area contributed by atoms with E-state index in [1.165, 1.54) is 11.1 Å². The van der Waals surface area contributed by atoms with Gasteiger partial charge >= 0.3 is 0 Å². The lowest BCUT2D eigenvalue weighted by Crippen LogP contribution is -2.30. The van der Waals surface area contributed by atoms with E-state index in [-0.39, 0.29) is 5.41 Å². The molecule has 104 valence electrons. The second kappa shape index (κ2) is 5.33. The molecule has 0 atom stereocenters. The van der Waals surface area contributed by atoms with Crippen molar-refractivity contribution in [3.05, 3.63) is 35.0 Å². The molecule has 0 aromatic carbocycles. The molecule has 1 aliphatic heterocycles. The van der Waals surface area contributed by atoms with Crippen LogP contribution in [0.2, 0.25) is 0 Å². The topological polar surface area (TPSA) is 42.1 Å². The van der Waals surface area contributed by atoms with Crippen molar-refractivity contribution in [2.24, 2.45) is 5.73 Å². The molecule has 0 unspecified atom stereocenters. The van der Waals surface area contributed by atoms with E-state index in [9.17, 15) is 0 Å². The number of nitrogens with two attached hydrogens (primary N) is 1. The molecule has 0 amide bonds. The Hall–Kier alpha value is -1.35. The van der Waals surface area contributed by atoms with Crippen LogP contribution in [0.4, 0.5) is 5.82 Å². The summed E-state index contributed by atoms with van der Waals surface area (Å²) in [6.07, 6.45) is 3.41. The summed E-state index contributed by atoms with van der Waals surface area (Å²) in [5.74, 6) is 1.07. The highest BCUT2D eigenvalue weighted by Gasteiger charge is 2.19. The van der Waals surface area contributed by atoms with E-state index < -0.39 is 0 Å². The zero-order chi connectivity index (χ0) is 14.0. The van der Waals surface area contributed by atoms with Gasteiger partial charge in [0.05, 0.1) is 0 Å². The largest absolute Gasteiger partial charge is 0.353 e. The molecule has 2 rings (SSSR count). The summed E-state index contributed by atoms with van der Waals surface area (Å²) < 4.78 is 0. The SMILES string of the molecule is CC1=CCN(c2cc(CN)cc(C(C)(C)C)n2)CC1. The Labute approximate surface area is 116 Å². The molecule has 1 aromatic heterocycles. The summed E-state index contributed by atoms with van der Waals surface area (Å²) in [7, 11) is 0. The van der Waals surface area contributed by atoms with Crippen LogP contribution >= 0.6 is 0 Å². The fourth-order valence-electron chi connectivity index (χ4n) is 2.21. The van der Waals surface area contributed by atoms with Crippen LogP contribution in [0.1, 0.15) is 45.4 Å². The monoisotopic (exact) mass is 259 g/mol. The lowest BCUT2D eigenvalue weighted by atomic mass is 9.90. The summed E-state index contributed by atoms with van der Waals surface area (Å²) in [5.41, 5.74) is 9.65. The number of anilines is 1. The molecule has 3 nitrogen and oxygen atoms in total. The van der Waals surface area contributed by atoms with Gasteiger partial charge < -0.3 is 10.6 Å². The second-order valence-electron chi connectivity index (χ2n) is 6.42. The summed E-state index contributed by atoms with van der Waals surface area (Å²) in [5, 5.41) is 0. The molecule has 19 heavy (non-hydrogen) atoms. The van der Waals surface area contributed by atoms with E-state index >= 15 is 0 Å². The van der Waals surface area contributed by atoms with Crippen LogP contribution < -0.4 is 10.6 Å². The van der Waals surface area contributed by atoms with Crippen LogP contribution in [0.3, 0.4) is 0 Å². The summed E-state index contributed by atoms with van der Waals surface area (Å²) in [4.78, 5) is 7.18. The molecular weight excluding hydrogens is 234 g/mol. The van der Waals surface area contributed by atoms with Crippen molar-refractivity contribution in [2.45, 2.75) is 46.1 Å². The highest BCUT2D eigenvalue weighted by atomic mass is 15.2. The van der Waals surface area contributed by atoms with Crippen molar-refractivity contribution in [1.29, 1.82) is 0 Å². The van der Waals surface area contributed by atoms with Crippen molar-refractivity contribution in [2.75, 3.05) is 18.0 Å². The maximum Gasteiger partial charge on any atom is 0.129 e. The smallest absolute Gasteiger partial charge is 0.129 e. The minimum Gasteiger partial charge on any atom is -0.353 e. The van der Waals surface area contributed by atoms with Gasteiger partial charge in [0.25, 0.3) is 0 Å². The Morgan fingerprint density at radius 1 is 1.32 bits per heavy atom. The Kier molecular flexibility index (Phi) is 3.95. The predicted octanol–water partition coefficient (Wildman–Crippen LogP) is 2.99. The molecule has 0 spiro atoms. The lowest BCUT2D eigenvalue weighted by molar-refractivity contribution is 0.566. The van der Waals surface area contributed by atoms with E-state index in [2.05, 4.69) is 50.8 Å². The van der Waals surface area contributed by atoms with Crippen molar-refractivity contribution in [3.8, 4) is 0 Å². The van der Waals surface area contributed by atoms with Gasteiger partial charge in [-0.05, 0) is 31.0 Å². The van der Waals surface area contributed by atoms with Gasteiger partial charge in [-0.1, -0.05) is 32.4 Å². The maximum atomic E-state index is 5.82. The molecule has 0 saturated carbocycles. The van der Waals surface area contributed by atoms with Crippen LogP contribution in [0.25, 0.3) is 0 Å². The van der Waals surface area contributed by atoms with E-state index in [0.29, 0.717) is 6.54 Å². The Balaban J connectivity index is 2.35. The predicted molar refractivity (Wildman–Crippen MR) is 81.4 cm³/mol. The third kappa shape index (κ3) is 3.35. The summed E-state index contributed by atoms with van der Waals surface area (Å²) in [6.45, 7) is 11.4. The normalized spacial score (nSPS) is 16.5. The number of hydrogen-bond donors (Lipinski definition) is 1. The van der Waals surface area contributed by atoms with Gasteiger partial charge in [0.1, 0.15) is 5.82 Å². The van der Waals surface area contributed by atoms with Crippen LogP contribution in [-0.2, 0) is 12.0 Å². The first-order valence-electron chi connectivity index (χ1n) is 7.02. The van der Waals surface area contributed by atoms with Gasteiger partial charge in [-0.2, -0.15) is 0 Å². The quantitative estimate of drug-likeness (QED) is 0.830. The molecule has 0 bridgehead atoms. The third-order valence-corrected chi connectivity index (χ3v) is 3.64. The van der Waals surface area contributed by atoms with E-state index in [1.807, 2.05) is 0 Å². The average molecular weight is 259 g/mol. The minimum absolute atomic E-state index is 0.0570. The number of pyridine rings is 1. The summed E-state index contributed by atoms with van der Waals surface area (Å²) >= 11 is 0. The number of aromatic nitrogens is 1. The minimum atomic E-state index is 0.0570. The van der Waals surface area contributed by atoms with Gasteiger partial charge in [0.2, 0.25) is 0 Å². The number of nitrogens with zero attached hydrogens (tertiary/aromatic N) is 2. The van der Waals surface area contributed by atoms with Gasteiger partial charge in [-0.15, -0.1) is 0 Å². The fraction of sp³-hybridized carbons (Fsp3) is 0.562. The van der Waals surface area contributed by atoms with Crippen molar-refractivity contribution in [1.82, 2.24) is 4.98 Å². The molecular formula is C16H25N3. The van der Waals surface area contributed by atoms with Crippen LogP contribution in [-0.4, -0.2) is 18.1 Å². The van der Waals surface area contributed by atoms with E-state index in [4.69, 9.17) is 10.7 Å². The Bertz CT molecular complexity index is 483. The first kappa shape index (κ1) is 14.1. The molecule has 2 heterocycles. The zero-order valence-corrected chi connectivity index (χ0v) is 12.5.